The average molecular weight is 360 g/mol. The van der Waals surface area contributed by atoms with Gasteiger partial charge in [0.25, 0.3) is 5.91 Å². The SMILES string of the molecule is CCC1Oc2ccccc2N(CCC(=O)Nc2ccnc(Cl)c2)C1=O. The second kappa shape index (κ2) is 7.53. The lowest BCUT2D eigenvalue weighted by molar-refractivity contribution is -0.126. The van der Waals surface area contributed by atoms with E-state index in [9.17, 15) is 9.59 Å². The second-order valence-corrected chi connectivity index (χ2v) is 6.03. The van der Waals surface area contributed by atoms with Crippen LogP contribution in [0.4, 0.5) is 11.4 Å². The third-order valence-corrected chi connectivity index (χ3v) is 4.12. The molecular weight excluding hydrogens is 342 g/mol. The van der Waals surface area contributed by atoms with Crippen molar-refractivity contribution in [2.24, 2.45) is 0 Å². The maximum absolute atomic E-state index is 12.6. The molecule has 1 N–H and O–H groups in total. The summed E-state index contributed by atoms with van der Waals surface area (Å²) >= 11 is 5.81. The van der Waals surface area contributed by atoms with Gasteiger partial charge in [0, 0.05) is 24.8 Å². The van der Waals surface area contributed by atoms with E-state index in [4.69, 9.17) is 16.3 Å². The van der Waals surface area contributed by atoms with Crippen LogP contribution in [0.15, 0.2) is 42.6 Å². The molecule has 3 rings (SSSR count). The van der Waals surface area contributed by atoms with Crippen molar-refractivity contribution in [2.45, 2.75) is 25.9 Å². The molecule has 7 heteroatoms. The monoisotopic (exact) mass is 359 g/mol. The zero-order chi connectivity index (χ0) is 17.8. The fourth-order valence-corrected chi connectivity index (χ4v) is 2.86. The molecule has 0 bridgehead atoms. The lowest BCUT2D eigenvalue weighted by Gasteiger charge is -2.33. The first-order valence-electron chi connectivity index (χ1n) is 8.07. The van der Waals surface area contributed by atoms with Gasteiger partial charge in [0.05, 0.1) is 5.69 Å². The van der Waals surface area contributed by atoms with Crippen molar-refractivity contribution in [3.05, 3.63) is 47.7 Å². The highest BCUT2D eigenvalue weighted by molar-refractivity contribution is 6.29. The minimum atomic E-state index is -0.517. The number of carbonyl (C=O) groups excluding carboxylic acids is 2. The summed E-state index contributed by atoms with van der Waals surface area (Å²) in [6.07, 6.45) is 1.74. The fourth-order valence-electron chi connectivity index (χ4n) is 2.68. The summed E-state index contributed by atoms with van der Waals surface area (Å²) in [6, 6.07) is 10.6. The first-order chi connectivity index (χ1) is 12.1. The predicted octanol–water partition coefficient (Wildman–Crippen LogP) is 3.27. The summed E-state index contributed by atoms with van der Waals surface area (Å²) in [6.45, 7) is 2.18. The predicted molar refractivity (Wildman–Crippen MR) is 96.0 cm³/mol. The van der Waals surface area contributed by atoms with Crippen LogP contribution in [0.25, 0.3) is 0 Å². The Balaban J connectivity index is 1.69. The standard InChI is InChI=1S/C18H18ClN3O3/c1-2-14-18(24)22(13-5-3-4-6-15(13)25-14)10-8-17(23)21-12-7-9-20-16(19)11-12/h3-7,9,11,14H,2,8,10H2,1H3,(H,20,21,23). The van der Waals surface area contributed by atoms with Crippen molar-refractivity contribution in [3.63, 3.8) is 0 Å². The number of anilines is 2. The summed E-state index contributed by atoms with van der Waals surface area (Å²) < 4.78 is 5.73. The molecule has 2 amide bonds. The van der Waals surface area contributed by atoms with Gasteiger partial charge in [-0.15, -0.1) is 0 Å². The summed E-state index contributed by atoms with van der Waals surface area (Å²) in [5.41, 5.74) is 1.27. The van der Waals surface area contributed by atoms with Gasteiger partial charge in [-0.25, -0.2) is 4.98 Å². The van der Waals surface area contributed by atoms with Crippen LogP contribution >= 0.6 is 11.6 Å². The van der Waals surface area contributed by atoms with E-state index in [2.05, 4.69) is 10.3 Å². The highest BCUT2D eigenvalue weighted by atomic mass is 35.5. The van der Waals surface area contributed by atoms with Crippen molar-refractivity contribution in [3.8, 4) is 5.75 Å². The highest BCUT2D eigenvalue weighted by Gasteiger charge is 2.33. The van der Waals surface area contributed by atoms with Gasteiger partial charge < -0.3 is 15.0 Å². The maximum Gasteiger partial charge on any atom is 0.268 e. The number of carbonyl (C=O) groups is 2. The minimum absolute atomic E-state index is 0.124. The zero-order valence-corrected chi connectivity index (χ0v) is 14.5. The molecule has 6 nitrogen and oxygen atoms in total. The van der Waals surface area contributed by atoms with Crippen LogP contribution in [-0.4, -0.2) is 29.4 Å². The van der Waals surface area contributed by atoms with Gasteiger partial charge in [0.15, 0.2) is 6.10 Å². The van der Waals surface area contributed by atoms with E-state index in [0.29, 0.717) is 28.7 Å². The highest BCUT2D eigenvalue weighted by Crippen LogP contribution is 2.34. The fraction of sp³-hybridized carbons (Fsp3) is 0.278. The molecule has 1 aromatic carbocycles. The summed E-state index contributed by atoms with van der Waals surface area (Å²) in [5.74, 6) is 0.336. The Labute approximate surface area is 150 Å². The van der Waals surface area contributed by atoms with E-state index in [1.165, 1.54) is 6.20 Å². The van der Waals surface area contributed by atoms with Gasteiger partial charge in [-0.2, -0.15) is 0 Å². The Kier molecular flexibility index (Phi) is 5.19. The second-order valence-electron chi connectivity index (χ2n) is 5.64. The molecule has 1 unspecified atom stereocenters. The van der Waals surface area contributed by atoms with Gasteiger partial charge >= 0.3 is 0 Å². The van der Waals surface area contributed by atoms with Crippen molar-refractivity contribution in [1.82, 2.24) is 4.98 Å². The first-order valence-corrected chi connectivity index (χ1v) is 8.44. The van der Waals surface area contributed by atoms with E-state index in [-0.39, 0.29) is 24.8 Å². The van der Waals surface area contributed by atoms with E-state index < -0.39 is 6.10 Å². The van der Waals surface area contributed by atoms with Crippen LogP contribution < -0.4 is 15.0 Å². The molecule has 0 saturated carbocycles. The number of para-hydroxylation sites is 2. The Morgan fingerprint density at radius 3 is 2.92 bits per heavy atom. The van der Waals surface area contributed by atoms with Gasteiger partial charge in [-0.1, -0.05) is 30.7 Å². The van der Waals surface area contributed by atoms with Crippen molar-refractivity contribution in [2.75, 3.05) is 16.8 Å². The molecule has 1 aliphatic heterocycles. The topological polar surface area (TPSA) is 71.5 Å². The normalized spacial score (nSPS) is 16.2. The number of hydrogen-bond acceptors (Lipinski definition) is 4. The Hall–Kier alpha value is -2.60. The van der Waals surface area contributed by atoms with Gasteiger partial charge in [-0.05, 0) is 30.7 Å². The van der Waals surface area contributed by atoms with Crippen LogP contribution in [-0.2, 0) is 9.59 Å². The maximum atomic E-state index is 12.6. The van der Waals surface area contributed by atoms with E-state index >= 15 is 0 Å². The number of benzene rings is 1. The minimum Gasteiger partial charge on any atom is -0.478 e. The van der Waals surface area contributed by atoms with Crippen molar-refractivity contribution < 1.29 is 14.3 Å². The molecule has 2 heterocycles. The molecule has 0 aliphatic carbocycles. The number of pyridine rings is 1. The largest absolute Gasteiger partial charge is 0.478 e. The smallest absolute Gasteiger partial charge is 0.268 e. The number of nitrogens with zero attached hydrogens (tertiary/aromatic N) is 2. The lowest BCUT2D eigenvalue weighted by atomic mass is 10.1. The van der Waals surface area contributed by atoms with Gasteiger partial charge in [0.1, 0.15) is 10.9 Å². The molecule has 0 radical (unpaired) electrons. The number of nitrogens with one attached hydrogen (secondary N) is 1. The Morgan fingerprint density at radius 2 is 2.16 bits per heavy atom. The summed E-state index contributed by atoms with van der Waals surface area (Å²) in [5, 5.41) is 3.06. The van der Waals surface area contributed by atoms with Crippen molar-refractivity contribution >= 4 is 34.8 Å². The van der Waals surface area contributed by atoms with Crippen LogP contribution in [0.1, 0.15) is 19.8 Å². The number of halogens is 1. The molecule has 0 fully saturated rings. The van der Waals surface area contributed by atoms with Gasteiger partial charge in [0.2, 0.25) is 5.91 Å². The number of ether oxygens (including phenoxy) is 1. The molecule has 130 valence electrons. The van der Waals surface area contributed by atoms with Crippen molar-refractivity contribution in [1.29, 1.82) is 0 Å². The number of aromatic nitrogens is 1. The van der Waals surface area contributed by atoms with Gasteiger partial charge in [-0.3, -0.25) is 9.59 Å². The van der Waals surface area contributed by atoms with Crippen LogP contribution in [0.2, 0.25) is 5.15 Å². The van der Waals surface area contributed by atoms with E-state index in [1.54, 1.807) is 17.0 Å². The van der Waals surface area contributed by atoms with E-state index in [1.807, 2.05) is 31.2 Å². The molecular formula is C18H18ClN3O3. The molecule has 1 atom stereocenters. The third-order valence-electron chi connectivity index (χ3n) is 3.91. The number of amides is 2. The number of hydrogen-bond donors (Lipinski definition) is 1. The van der Waals surface area contributed by atoms with Crippen LogP contribution in [0.3, 0.4) is 0 Å². The number of fused-ring (bicyclic) bond motifs is 1. The summed E-state index contributed by atoms with van der Waals surface area (Å²) in [7, 11) is 0. The van der Waals surface area contributed by atoms with Crippen LogP contribution in [0, 0.1) is 0 Å². The Morgan fingerprint density at radius 1 is 1.36 bits per heavy atom. The molecule has 0 saturated heterocycles. The molecule has 2 aromatic rings. The summed E-state index contributed by atoms with van der Waals surface area (Å²) in [4.78, 5) is 30.3. The molecule has 25 heavy (non-hydrogen) atoms. The molecule has 0 spiro atoms. The average Bonchev–Trinajstić information content (AvgIpc) is 2.60. The lowest BCUT2D eigenvalue weighted by Crippen LogP contribution is -2.46. The van der Waals surface area contributed by atoms with Crippen LogP contribution in [0.5, 0.6) is 5.75 Å². The first kappa shape index (κ1) is 17.2. The molecule has 1 aromatic heterocycles. The zero-order valence-electron chi connectivity index (χ0n) is 13.7. The van der Waals surface area contributed by atoms with E-state index in [0.717, 1.165) is 0 Å². The Bertz CT molecular complexity index is 797. The third kappa shape index (κ3) is 3.91. The number of rotatable bonds is 5. The molecule has 1 aliphatic rings. The quantitative estimate of drug-likeness (QED) is 0.832.